The number of pyridine rings is 1. The summed E-state index contributed by atoms with van der Waals surface area (Å²) in [6, 6.07) is 4.87. The Morgan fingerprint density at radius 1 is 1.50 bits per heavy atom. The van der Waals surface area contributed by atoms with Crippen LogP contribution in [0.15, 0.2) is 22.9 Å². The Hall–Kier alpha value is -2.29. The Morgan fingerprint density at radius 2 is 2.33 bits per heavy atom. The first-order chi connectivity index (χ1) is 8.69. The van der Waals surface area contributed by atoms with Crippen molar-refractivity contribution < 1.29 is 8.91 Å². The summed E-state index contributed by atoms with van der Waals surface area (Å²) in [6.07, 6.45) is 2.08. The van der Waals surface area contributed by atoms with E-state index in [9.17, 15) is 4.39 Å². The molecule has 0 radical (unpaired) electrons. The highest BCUT2D eigenvalue weighted by atomic mass is 19.1. The van der Waals surface area contributed by atoms with Gasteiger partial charge in [-0.1, -0.05) is 12.1 Å². The lowest BCUT2D eigenvalue weighted by molar-refractivity contribution is 0.359. The summed E-state index contributed by atoms with van der Waals surface area (Å²) in [5.74, 6) is 0.530. The fourth-order valence-corrected chi connectivity index (χ4v) is 1.48. The van der Waals surface area contributed by atoms with Gasteiger partial charge in [-0.25, -0.2) is 9.37 Å². The van der Waals surface area contributed by atoms with Gasteiger partial charge in [-0.15, -0.1) is 0 Å². The molecule has 2 heterocycles. The van der Waals surface area contributed by atoms with Crippen LogP contribution in [0.5, 0.6) is 0 Å². The Kier molecular flexibility index (Phi) is 3.63. The maximum absolute atomic E-state index is 12.7. The van der Waals surface area contributed by atoms with Gasteiger partial charge in [0.15, 0.2) is 0 Å². The van der Waals surface area contributed by atoms with Crippen LogP contribution in [0.4, 0.5) is 4.39 Å². The van der Waals surface area contributed by atoms with Crippen molar-refractivity contribution in [2.45, 2.75) is 19.8 Å². The molecule has 0 saturated carbocycles. The molecule has 1 atom stereocenters. The third-order valence-electron chi connectivity index (χ3n) is 2.39. The number of hydrogen-bond acceptors (Lipinski definition) is 5. The molecule has 2 aromatic rings. The highest BCUT2D eigenvalue weighted by Gasteiger charge is 2.12. The SMILES string of the molecule is CC(CC#N)Cc1nc(-c2ccc(F)cn2)no1. The molecule has 0 fully saturated rings. The van der Waals surface area contributed by atoms with Gasteiger partial charge in [0, 0.05) is 12.8 Å². The molecule has 2 rings (SSSR count). The molecule has 2 aromatic heterocycles. The van der Waals surface area contributed by atoms with Crippen LogP contribution in [0.25, 0.3) is 11.5 Å². The standard InChI is InChI=1S/C12H11FN4O/c1-8(4-5-14)6-11-16-12(17-18-11)10-3-2-9(13)7-15-10/h2-3,7-8H,4,6H2,1H3. The molecule has 0 aliphatic heterocycles. The van der Waals surface area contributed by atoms with Crippen molar-refractivity contribution in [2.24, 2.45) is 5.92 Å². The van der Waals surface area contributed by atoms with Gasteiger partial charge in [0.05, 0.1) is 12.3 Å². The van der Waals surface area contributed by atoms with Crippen molar-refractivity contribution in [3.63, 3.8) is 0 Å². The fourth-order valence-electron chi connectivity index (χ4n) is 1.48. The summed E-state index contributed by atoms with van der Waals surface area (Å²) in [5, 5.41) is 12.3. The van der Waals surface area contributed by atoms with E-state index in [-0.39, 0.29) is 5.92 Å². The van der Waals surface area contributed by atoms with E-state index in [1.807, 2.05) is 6.92 Å². The monoisotopic (exact) mass is 246 g/mol. The van der Waals surface area contributed by atoms with E-state index in [2.05, 4.69) is 21.2 Å². The van der Waals surface area contributed by atoms with Gasteiger partial charge in [-0.05, 0) is 18.1 Å². The highest BCUT2D eigenvalue weighted by molar-refractivity contribution is 5.47. The normalized spacial score (nSPS) is 12.1. The third-order valence-corrected chi connectivity index (χ3v) is 2.39. The molecule has 0 N–H and O–H groups in total. The Morgan fingerprint density at radius 3 is 3.00 bits per heavy atom. The molecule has 0 aliphatic carbocycles. The van der Waals surface area contributed by atoms with Crippen LogP contribution in [0.3, 0.4) is 0 Å². The predicted molar refractivity (Wildman–Crippen MR) is 60.6 cm³/mol. The molecule has 0 aromatic carbocycles. The van der Waals surface area contributed by atoms with Gasteiger partial charge in [0.2, 0.25) is 11.7 Å². The summed E-state index contributed by atoms with van der Waals surface area (Å²) >= 11 is 0. The zero-order chi connectivity index (χ0) is 13.0. The Bertz CT molecular complexity index is 558. The summed E-state index contributed by atoms with van der Waals surface area (Å²) in [5.41, 5.74) is 0.458. The van der Waals surface area contributed by atoms with Crippen LogP contribution < -0.4 is 0 Å². The smallest absolute Gasteiger partial charge is 0.227 e. The number of nitriles is 1. The van der Waals surface area contributed by atoms with Gasteiger partial charge in [0.1, 0.15) is 11.5 Å². The minimum absolute atomic E-state index is 0.157. The molecule has 92 valence electrons. The number of aromatic nitrogens is 3. The molecular formula is C12H11FN4O. The molecule has 0 bridgehead atoms. The topological polar surface area (TPSA) is 75.6 Å². The zero-order valence-corrected chi connectivity index (χ0v) is 9.80. The first-order valence-corrected chi connectivity index (χ1v) is 5.50. The van der Waals surface area contributed by atoms with Gasteiger partial charge in [-0.3, -0.25) is 0 Å². The maximum Gasteiger partial charge on any atom is 0.227 e. The summed E-state index contributed by atoms with van der Waals surface area (Å²) in [6.45, 7) is 1.93. The Balaban J connectivity index is 2.11. The van der Waals surface area contributed by atoms with Crippen molar-refractivity contribution in [1.29, 1.82) is 5.26 Å². The highest BCUT2D eigenvalue weighted by Crippen LogP contribution is 2.15. The molecule has 0 aliphatic rings. The first-order valence-electron chi connectivity index (χ1n) is 5.50. The fraction of sp³-hybridized carbons (Fsp3) is 0.333. The van der Waals surface area contributed by atoms with Crippen molar-refractivity contribution in [1.82, 2.24) is 15.1 Å². The third kappa shape index (κ3) is 2.88. The number of rotatable bonds is 4. The Labute approximate surface area is 103 Å². The summed E-state index contributed by atoms with van der Waals surface area (Å²) in [7, 11) is 0. The van der Waals surface area contributed by atoms with E-state index < -0.39 is 5.82 Å². The van der Waals surface area contributed by atoms with E-state index in [1.54, 1.807) is 0 Å². The second kappa shape index (κ2) is 5.36. The molecule has 18 heavy (non-hydrogen) atoms. The van der Waals surface area contributed by atoms with E-state index in [0.717, 1.165) is 6.20 Å². The molecule has 5 nitrogen and oxygen atoms in total. The van der Waals surface area contributed by atoms with Crippen LogP contribution in [0, 0.1) is 23.1 Å². The second-order valence-corrected chi connectivity index (χ2v) is 4.04. The summed E-state index contributed by atoms with van der Waals surface area (Å²) in [4.78, 5) is 8.03. The maximum atomic E-state index is 12.7. The number of hydrogen-bond donors (Lipinski definition) is 0. The van der Waals surface area contributed by atoms with Crippen LogP contribution >= 0.6 is 0 Å². The lowest BCUT2D eigenvalue weighted by Gasteiger charge is -2.00. The van der Waals surface area contributed by atoms with E-state index in [1.165, 1.54) is 12.1 Å². The van der Waals surface area contributed by atoms with Gasteiger partial charge >= 0.3 is 0 Å². The van der Waals surface area contributed by atoms with E-state index in [4.69, 9.17) is 9.78 Å². The van der Waals surface area contributed by atoms with Crippen molar-refractivity contribution in [3.8, 4) is 17.6 Å². The minimum atomic E-state index is -0.412. The first kappa shape index (κ1) is 12.2. The molecule has 0 saturated heterocycles. The zero-order valence-electron chi connectivity index (χ0n) is 9.80. The van der Waals surface area contributed by atoms with E-state index >= 15 is 0 Å². The van der Waals surface area contributed by atoms with Gasteiger partial charge in [-0.2, -0.15) is 10.2 Å². The number of halogens is 1. The minimum Gasteiger partial charge on any atom is -0.339 e. The van der Waals surface area contributed by atoms with Crippen LogP contribution in [-0.4, -0.2) is 15.1 Å². The average molecular weight is 246 g/mol. The van der Waals surface area contributed by atoms with Crippen LogP contribution in [0.2, 0.25) is 0 Å². The molecule has 6 heteroatoms. The summed E-state index contributed by atoms with van der Waals surface area (Å²) < 4.78 is 17.8. The average Bonchev–Trinajstić information content (AvgIpc) is 2.78. The number of nitrogens with zero attached hydrogens (tertiary/aromatic N) is 4. The lowest BCUT2D eigenvalue weighted by atomic mass is 10.1. The van der Waals surface area contributed by atoms with Crippen LogP contribution in [-0.2, 0) is 6.42 Å². The van der Waals surface area contributed by atoms with Gasteiger partial charge in [0.25, 0.3) is 0 Å². The quantitative estimate of drug-likeness (QED) is 0.827. The molecule has 0 amide bonds. The second-order valence-electron chi connectivity index (χ2n) is 4.04. The van der Waals surface area contributed by atoms with Gasteiger partial charge < -0.3 is 4.52 Å². The molecular weight excluding hydrogens is 235 g/mol. The molecule has 0 spiro atoms. The van der Waals surface area contributed by atoms with Crippen molar-refractivity contribution in [2.75, 3.05) is 0 Å². The van der Waals surface area contributed by atoms with Crippen molar-refractivity contribution >= 4 is 0 Å². The van der Waals surface area contributed by atoms with E-state index in [0.29, 0.717) is 30.3 Å². The lowest BCUT2D eigenvalue weighted by Crippen LogP contribution is -1.98. The molecule has 1 unspecified atom stereocenters. The van der Waals surface area contributed by atoms with Crippen LogP contribution in [0.1, 0.15) is 19.2 Å². The van der Waals surface area contributed by atoms with Crippen molar-refractivity contribution in [3.05, 3.63) is 30.0 Å². The largest absolute Gasteiger partial charge is 0.339 e. The predicted octanol–water partition coefficient (Wildman–Crippen LogP) is 2.36.